The monoisotopic (exact) mass is 306 g/mol. The predicted molar refractivity (Wildman–Crippen MR) is 93.2 cm³/mol. The van der Waals surface area contributed by atoms with Crippen molar-refractivity contribution < 1.29 is 9.31 Å². The van der Waals surface area contributed by atoms with Crippen LogP contribution in [0.25, 0.3) is 0 Å². The van der Waals surface area contributed by atoms with Crippen molar-refractivity contribution in [2.75, 3.05) is 0 Å². The maximum atomic E-state index is 6.19. The highest BCUT2D eigenvalue weighted by Crippen LogP contribution is 2.37. The molecule has 0 amide bonds. The van der Waals surface area contributed by atoms with E-state index >= 15 is 0 Å². The highest BCUT2D eigenvalue weighted by atomic mass is 32.2. The smallest absolute Gasteiger partial charge is 0.399 e. The molecule has 0 unspecified atom stereocenters. The quantitative estimate of drug-likeness (QED) is 0.786. The normalized spacial score (nSPS) is 20.8. The second kappa shape index (κ2) is 5.64. The van der Waals surface area contributed by atoms with Gasteiger partial charge < -0.3 is 9.31 Å². The van der Waals surface area contributed by atoms with Crippen molar-refractivity contribution in [2.24, 2.45) is 0 Å². The molecule has 116 valence electrons. The topological polar surface area (TPSA) is 18.5 Å². The highest BCUT2D eigenvalue weighted by molar-refractivity contribution is 7.99. The van der Waals surface area contributed by atoms with Crippen LogP contribution in [0, 0.1) is 0 Å². The Balaban J connectivity index is 2.22. The molecule has 0 aromatic heterocycles. The summed E-state index contributed by atoms with van der Waals surface area (Å²) in [6.45, 7) is 15.1. The molecular weight excluding hydrogens is 279 g/mol. The predicted octanol–water partition coefficient (Wildman–Crippen LogP) is 4.02. The molecular formula is C17H27BO2S. The van der Waals surface area contributed by atoms with E-state index in [1.165, 1.54) is 5.56 Å². The number of benzene rings is 1. The molecule has 1 aliphatic rings. The fraction of sp³-hybridized carbons (Fsp3) is 0.647. The van der Waals surface area contributed by atoms with Gasteiger partial charge in [-0.15, -0.1) is 0 Å². The van der Waals surface area contributed by atoms with Gasteiger partial charge in [-0.2, -0.15) is 11.8 Å². The standard InChI is InChI=1S/C17H27BO2S/c1-15(2,3)21-12-13-10-8-9-11-14(13)18-19-16(4,5)17(6,7)20-18/h8-11H,12H2,1-7H3. The fourth-order valence-electron chi connectivity index (χ4n) is 2.16. The van der Waals surface area contributed by atoms with Gasteiger partial charge in [0.1, 0.15) is 0 Å². The lowest BCUT2D eigenvalue weighted by molar-refractivity contribution is 0.00578. The van der Waals surface area contributed by atoms with Crippen LogP contribution in [0.3, 0.4) is 0 Å². The van der Waals surface area contributed by atoms with E-state index in [-0.39, 0.29) is 23.1 Å². The molecule has 2 nitrogen and oxygen atoms in total. The Bertz CT molecular complexity index is 490. The van der Waals surface area contributed by atoms with Crippen molar-refractivity contribution in [3.63, 3.8) is 0 Å². The molecule has 1 aromatic rings. The van der Waals surface area contributed by atoms with E-state index in [4.69, 9.17) is 9.31 Å². The summed E-state index contributed by atoms with van der Waals surface area (Å²) in [4.78, 5) is 0. The summed E-state index contributed by atoms with van der Waals surface area (Å²) in [5, 5.41) is 0. The molecule has 0 spiro atoms. The second-order valence-corrected chi connectivity index (χ2v) is 9.49. The third-order valence-corrected chi connectivity index (χ3v) is 5.54. The summed E-state index contributed by atoms with van der Waals surface area (Å²) in [7, 11) is -0.272. The first-order valence-electron chi connectivity index (χ1n) is 7.59. The lowest BCUT2D eigenvalue weighted by atomic mass is 9.76. The molecule has 2 rings (SSSR count). The van der Waals surface area contributed by atoms with E-state index in [0.717, 1.165) is 11.2 Å². The van der Waals surface area contributed by atoms with E-state index in [1.807, 2.05) is 11.8 Å². The average Bonchev–Trinajstić information content (AvgIpc) is 2.55. The van der Waals surface area contributed by atoms with Crippen molar-refractivity contribution in [3.8, 4) is 0 Å². The van der Waals surface area contributed by atoms with Gasteiger partial charge in [0, 0.05) is 10.5 Å². The first kappa shape index (κ1) is 16.9. The van der Waals surface area contributed by atoms with Crippen molar-refractivity contribution >= 4 is 24.3 Å². The van der Waals surface area contributed by atoms with E-state index < -0.39 is 0 Å². The minimum absolute atomic E-state index is 0.253. The molecule has 0 radical (unpaired) electrons. The molecule has 4 heteroatoms. The van der Waals surface area contributed by atoms with Crippen LogP contribution in [0.5, 0.6) is 0 Å². The second-order valence-electron chi connectivity index (χ2n) is 7.69. The van der Waals surface area contributed by atoms with Crippen LogP contribution in [-0.2, 0) is 15.1 Å². The molecule has 1 heterocycles. The molecule has 1 saturated heterocycles. The highest BCUT2D eigenvalue weighted by Gasteiger charge is 2.52. The van der Waals surface area contributed by atoms with Gasteiger partial charge >= 0.3 is 7.12 Å². The summed E-state index contributed by atoms with van der Waals surface area (Å²) in [6.07, 6.45) is 0. The molecule has 1 aromatic carbocycles. The molecule has 0 aliphatic carbocycles. The molecule has 21 heavy (non-hydrogen) atoms. The summed E-state index contributed by atoms with van der Waals surface area (Å²) >= 11 is 1.95. The Hall–Kier alpha value is -0.445. The fourth-order valence-corrected chi connectivity index (χ4v) is 3.01. The Morgan fingerprint density at radius 2 is 1.52 bits per heavy atom. The lowest BCUT2D eigenvalue weighted by Gasteiger charge is -2.32. The van der Waals surface area contributed by atoms with Gasteiger partial charge in [-0.25, -0.2) is 0 Å². The van der Waals surface area contributed by atoms with Gasteiger partial charge in [-0.3, -0.25) is 0 Å². The van der Waals surface area contributed by atoms with Gasteiger partial charge in [-0.05, 0) is 38.7 Å². The molecule has 0 atom stereocenters. The summed E-state index contributed by atoms with van der Waals surface area (Å²) < 4.78 is 12.6. The van der Waals surface area contributed by atoms with Crippen LogP contribution in [0.4, 0.5) is 0 Å². The van der Waals surface area contributed by atoms with Crippen LogP contribution >= 0.6 is 11.8 Å². The molecule has 1 fully saturated rings. The Morgan fingerprint density at radius 3 is 2.05 bits per heavy atom. The van der Waals surface area contributed by atoms with Gasteiger partial charge in [0.15, 0.2) is 0 Å². The van der Waals surface area contributed by atoms with Crippen LogP contribution in [0.2, 0.25) is 0 Å². The van der Waals surface area contributed by atoms with Gasteiger partial charge in [0.25, 0.3) is 0 Å². The first-order valence-corrected chi connectivity index (χ1v) is 8.58. The molecule has 0 bridgehead atoms. The SMILES string of the molecule is CC(C)(C)SCc1ccccc1B1OC(C)(C)C(C)(C)O1. The van der Waals surface area contributed by atoms with E-state index in [9.17, 15) is 0 Å². The minimum atomic E-state index is -0.290. The zero-order valence-corrected chi connectivity index (χ0v) is 15.1. The maximum Gasteiger partial charge on any atom is 0.495 e. The van der Waals surface area contributed by atoms with Crippen molar-refractivity contribution in [1.82, 2.24) is 0 Å². The summed E-state index contributed by atoms with van der Waals surface area (Å²) in [5.41, 5.74) is 1.88. The van der Waals surface area contributed by atoms with Gasteiger partial charge in [-0.1, -0.05) is 45.0 Å². The van der Waals surface area contributed by atoms with Crippen LogP contribution in [0.15, 0.2) is 24.3 Å². The van der Waals surface area contributed by atoms with E-state index in [2.05, 4.69) is 72.7 Å². The van der Waals surface area contributed by atoms with Gasteiger partial charge in [0.2, 0.25) is 0 Å². The summed E-state index contributed by atoms with van der Waals surface area (Å²) in [6, 6.07) is 8.46. The van der Waals surface area contributed by atoms with Crippen molar-refractivity contribution in [1.29, 1.82) is 0 Å². The summed E-state index contributed by atoms with van der Waals surface area (Å²) in [5.74, 6) is 0.976. The maximum absolute atomic E-state index is 6.19. The first-order chi connectivity index (χ1) is 9.52. The Morgan fingerprint density at radius 1 is 1.00 bits per heavy atom. The van der Waals surface area contributed by atoms with Crippen molar-refractivity contribution in [3.05, 3.63) is 29.8 Å². The van der Waals surface area contributed by atoms with Gasteiger partial charge in [0.05, 0.1) is 11.2 Å². The van der Waals surface area contributed by atoms with Crippen LogP contribution in [-0.4, -0.2) is 23.1 Å². The molecule has 0 saturated carbocycles. The Labute approximate surface area is 134 Å². The zero-order valence-electron chi connectivity index (χ0n) is 14.3. The zero-order chi connectivity index (χ0) is 15.9. The van der Waals surface area contributed by atoms with Crippen LogP contribution < -0.4 is 5.46 Å². The number of hydrogen-bond acceptors (Lipinski definition) is 3. The number of rotatable bonds is 3. The largest absolute Gasteiger partial charge is 0.495 e. The van der Waals surface area contributed by atoms with Crippen LogP contribution in [0.1, 0.15) is 54.0 Å². The van der Waals surface area contributed by atoms with Crippen molar-refractivity contribution in [2.45, 2.75) is 70.2 Å². The van der Waals surface area contributed by atoms with E-state index in [0.29, 0.717) is 0 Å². The molecule has 0 N–H and O–H groups in total. The minimum Gasteiger partial charge on any atom is -0.399 e. The third kappa shape index (κ3) is 3.85. The average molecular weight is 306 g/mol. The number of hydrogen-bond donors (Lipinski definition) is 0. The van der Waals surface area contributed by atoms with E-state index in [1.54, 1.807) is 0 Å². The molecule has 1 aliphatic heterocycles. The Kier molecular flexibility index (Phi) is 4.54. The third-order valence-electron chi connectivity index (χ3n) is 4.22. The lowest BCUT2D eigenvalue weighted by Crippen LogP contribution is -2.41. The number of thioether (sulfide) groups is 1.